The molecule has 0 aromatic carbocycles. The van der Waals surface area contributed by atoms with Gasteiger partial charge in [0.1, 0.15) is 31.5 Å². The summed E-state index contributed by atoms with van der Waals surface area (Å²) < 4.78 is 52.9. The molecule has 0 heterocycles. The van der Waals surface area contributed by atoms with E-state index in [0.717, 1.165) is 57.8 Å². The highest BCUT2D eigenvalue weighted by Gasteiger charge is 2.28. The molecule has 5 unspecified atom stereocenters. The van der Waals surface area contributed by atoms with E-state index in [-0.39, 0.29) is 12.8 Å². The molecule has 0 spiro atoms. The van der Waals surface area contributed by atoms with Crippen molar-refractivity contribution in [2.24, 2.45) is 0 Å². The van der Waals surface area contributed by atoms with Crippen LogP contribution in [0.4, 0.5) is 0 Å². The van der Waals surface area contributed by atoms with Crippen LogP contribution < -0.4 is 0 Å². The van der Waals surface area contributed by atoms with Crippen molar-refractivity contribution < 1.29 is 71.4 Å². The second kappa shape index (κ2) is 45.0. The Morgan fingerprint density at radius 3 is 1.18 bits per heavy atom. The summed E-state index contributed by atoms with van der Waals surface area (Å²) in [5.41, 5.74) is 0. The Bertz CT molecular complexity index is 1460. The highest BCUT2D eigenvalue weighted by atomic mass is 31.2. The summed E-state index contributed by atoms with van der Waals surface area (Å²) in [5, 5.41) is 30.0. The SMILES string of the molecule is CC/C=C/C=C/C=C\C=C/CCCCCC(=O)OCC(O)COP(=O)(O)OCC(O)COP(=O)(O)OCC(O)COC(=O)CCCCCCCCCCCCC/C=C\C/C=C\CCCCC. The molecule has 0 aliphatic carbocycles. The minimum absolute atomic E-state index is 0.148. The van der Waals surface area contributed by atoms with Crippen LogP contribution in [0.3, 0.4) is 0 Å². The van der Waals surface area contributed by atoms with Gasteiger partial charge in [0.2, 0.25) is 0 Å². The van der Waals surface area contributed by atoms with Gasteiger partial charge in [0.05, 0.1) is 26.4 Å². The van der Waals surface area contributed by atoms with E-state index in [1.165, 1.54) is 70.6 Å². The third-order valence-corrected chi connectivity index (χ3v) is 11.6. The van der Waals surface area contributed by atoms with Crippen molar-refractivity contribution in [3.05, 3.63) is 72.9 Å². The van der Waals surface area contributed by atoms with Gasteiger partial charge < -0.3 is 34.6 Å². The van der Waals surface area contributed by atoms with Crippen LogP contribution in [0.1, 0.15) is 168 Å². The number of carbonyl (C=O) groups excluding carboxylic acids is 2. The molecule has 382 valence electrons. The molecule has 0 fully saturated rings. The third kappa shape index (κ3) is 46.6. The van der Waals surface area contributed by atoms with E-state index in [1.807, 2.05) is 42.5 Å². The first-order valence-corrected chi connectivity index (χ1v) is 27.3. The number of ether oxygens (including phenoxy) is 2. The third-order valence-electron chi connectivity index (χ3n) is 9.74. The molecule has 0 aliphatic rings. The predicted octanol–water partition coefficient (Wildman–Crippen LogP) is 11.2. The van der Waals surface area contributed by atoms with Gasteiger partial charge in [0.25, 0.3) is 0 Å². The zero-order valence-electron chi connectivity index (χ0n) is 40.1. The number of esters is 2. The van der Waals surface area contributed by atoms with Crippen LogP contribution >= 0.6 is 15.6 Å². The Hall–Kier alpha value is -2.52. The number of phosphoric acid groups is 2. The van der Waals surface area contributed by atoms with Crippen LogP contribution in [0.25, 0.3) is 0 Å². The number of hydrogen-bond donors (Lipinski definition) is 5. The summed E-state index contributed by atoms with van der Waals surface area (Å²) in [6, 6.07) is 0. The van der Waals surface area contributed by atoms with E-state index >= 15 is 0 Å². The lowest BCUT2D eigenvalue weighted by Crippen LogP contribution is -2.25. The number of hydrogen-bond acceptors (Lipinski definition) is 13. The van der Waals surface area contributed by atoms with Gasteiger partial charge >= 0.3 is 27.6 Å². The average Bonchev–Trinajstić information content (AvgIpc) is 3.29. The molecule has 0 saturated carbocycles. The molecule has 66 heavy (non-hydrogen) atoms. The maximum absolute atomic E-state index is 12.2. The summed E-state index contributed by atoms with van der Waals surface area (Å²) in [5.74, 6) is -1.04. The minimum atomic E-state index is -4.80. The maximum Gasteiger partial charge on any atom is 0.472 e. The Labute approximate surface area is 396 Å². The van der Waals surface area contributed by atoms with E-state index < -0.39 is 85.5 Å². The highest BCUT2D eigenvalue weighted by Crippen LogP contribution is 2.45. The number of rotatable bonds is 46. The molecule has 0 aromatic heterocycles. The van der Waals surface area contributed by atoms with E-state index in [0.29, 0.717) is 12.8 Å². The van der Waals surface area contributed by atoms with Gasteiger partial charge in [0, 0.05) is 12.8 Å². The predicted molar refractivity (Wildman–Crippen MR) is 260 cm³/mol. The number of aliphatic hydroxyl groups is 3. The van der Waals surface area contributed by atoms with Crippen LogP contribution in [-0.2, 0) is 46.3 Å². The van der Waals surface area contributed by atoms with Crippen LogP contribution in [0, 0.1) is 0 Å². The van der Waals surface area contributed by atoms with Gasteiger partial charge in [-0.3, -0.25) is 27.7 Å². The van der Waals surface area contributed by atoms with E-state index in [4.69, 9.17) is 9.47 Å². The van der Waals surface area contributed by atoms with Crippen LogP contribution in [0.15, 0.2) is 72.9 Å². The molecule has 5 N–H and O–H groups in total. The first kappa shape index (κ1) is 63.5. The fraction of sp³-hybridized carbons (Fsp3) is 0.714. The molecule has 5 atom stereocenters. The second-order valence-corrected chi connectivity index (χ2v) is 19.1. The molecular weight excluding hydrogens is 890 g/mol. The molecule has 0 radical (unpaired) electrons. The van der Waals surface area contributed by atoms with Crippen molar-refractivity contribution in [2.45, 2.75) is 186 Å². The lowest BCUT2D eigenvalue weighted by Gasteiger charge is -2.19. The Kier molecular flexibility index (Phi) is 43.2. The zero-order valence-corrected chi connectivity index (χ0v) is 41.9. The molecule has 15 nitrogen and oxygen atoms in total. The molecule has 0 saturated heterocycles. The van der Waals surface area contributed by atoms with Crippen LogP contribution in [0.5, 0.6) is 0 Å². The number of unbranched alkanes of at least 4 members (excludes halogenated alkanes) is 17. The number of aliphatic hydroxyl groups excluding tert-OH is 3. The van der Waals surface area contributed by atoms with Crippen molar-refractivity contribution in [3.63, 3.8) is 0 Å². The summed E-state index contributed by atoms with van der Waals surface area (Å²) in [6.07, 6.45) is 44.7. The second-order valence-electron chi connectivity index (χ2n) is 16.2. The zero-order chi connectivity index (χ0) is 48.8. The smallest absolute Gasteiger partial charge is 0.463 e. The fourth-order valence-electron chi connectivity index (χ4n) is 5.96. The van der Waals surface area contributed by atoms with Gasteiger partial charge in [-0.2, -0.15) is 0 Å². The first-order chi connectivity index (χ1) is 31.8. The molecule has 0 aliphatic heterocycles. The van der Waals surface area contributed by atoms with Gasteiger partial charge in [-0.15, -0.1) is 0 Å². The monoisotopic (exact) mass is 977 g/mol. The van der Waals surface area contributed by atoms with E-state index in [2.05, 4.69) is 62.3 Å². The van der Waals surface area contributed by atoms with Gasteiger partial charge in [-0.25, -0.2) is 9.13 Å². The van der Waals surface area contributed by atoms with E-state index in [1.54, 1.807) is 0 Å². The summed E-state index contributed by atoms with van der Waals surface area (Å²) in [4.78, 5) is 43.7. The first-order valence-electron chi connectivity index (χ1n) is 24.3. The minimum Gasteiger partial charge on any atom is -0.463 e. The van der Waals surface area contributed by atoms with Crippen LogP contribution in [0.2, 0.25) is 0 Å². The molecular formula is C49H86O15P2. The maximum atomic E-state index is 12.2. The molecule has 17 heteroatoms. The van der Waals surface area contributed by atoms with Crippen molar-refractivity contribution in [1.29, 1.82) is 0 Å². The summed E-state index contributed by atoms with van der Waals surface area (Å²) >= 11 is 0. The average molecular weight is 977 g/mol. The Balaban J connectivity index is 3.89. The van der Waals surface area contributed by atoms with Gasteiger partial charge in [0.15, 0.2) is 0 Å². The standard InChI is InChI=1S/C49H86O15P2/c1-3-5-7-9-11-13-15-17-18-19-20-21-22-23-24-26-28-30-32-34-36-38-49(54)60-40-46(51)42-62-66(57,58)64-44-47(52)43-63-65(55,56)61-41-45(50)39-59-48(53)37-35-33-31-29-27-25-16-14-12-10-8-6-4-2/h6,8,10-14,16-18,25,27,45-47,50-52H,3-5,7,9,15,19-24,26,28-44H2,1-2H3,(H,55,56)(H,57,58)/b8-6+,12-10+,13-11-,16-14-,18-17-,27-25-. The van der Waals surface area contributed by atoms with Crippen molar-refractivity contribution in [1.82, 2.24) is 0 Å². The molecule has 0 aromatic rings. The van der Waals surface area contributed by atoms with E-state index in [9.17, 15) is 43.8 Å². The number of allylic oxidation sites excluding steroid dienone is 12. The summed E-state index contributed by atoms with van der Waals surface area (Å²) in [7, 11) is -9.59. The highest BCUT2D eigenvalue weighted by molar-refractivity contribution is 7.47. The van der Waals surface area contributed by atoms with Crippen molar-refractivity contribution >= 4 is 27.6 Å². The fourth-order valence-corrected chi connectivity index (χ4v) is 7.55. The molecule has 0 amide bonds. The number of phosphoric ester groups is 2. The molecule has 0 rings (SSSR count). The van der Waals surface area contributed by atoms with Crippen molar-refractivity contribution in [2.75, 3.05) is 39.6 Å². The topological polar surface area (TPSA) is 225 Å². The normalized spacial score (nSPS) is 15.7. The van der Waals surface area contributed by atoms with Crippen molar-refractivity contribution in [3.8, 4) is 0 Å². The quantitative estimate of drug-likeness (QED) is 0.0126. The largest absolute Gasteiger partial charge is 0.472 e. The van der Waals surface area contributed by atoms with Crippen LogP contribution in [-0.4, -0.2) is 95.0 Å². The number of carbonyl (C=O) groups is 2. The van der Waals surface area contributed by atoms with Gasteiger partial charge in [-0.05, 0) is 64.2 Å². The Morgan fingerprint density at radius 2 is 0.758 bits per heavy atom. The van der Waals surface area contributed by atoms with Gasteiger partial charge in [-0.1, -0.05) is 164 Å². The lowest BCUT2D eigenvalue weighted by atomic mass is 10.0. The Morgan fingerprint density at radius 1 is 0.424 bits per heavy atom. The summed E-state index contributed by atoms with van der Waals surface area (Å²) in [6.45, 7) is 0.192. The molecule has 0 bridgehead atoms. The lowest BCUT2D eigenvalue weighted by molar-refractivity contribution is -0.148.